The Bertz CT molecular complexity index is 627. The minimum atomic E-state index is -0.491. The maximum Gasteiger partial charge on any atom is 0.293 e. The summed E-state index contributed by atoms with van der Waals surface area (Å²) >= 11 is 2.97. The number of amides is 1. The average Bonchev–Trinajstić information content (AvgIpc) is 2.91. The number of aryl methyl sites for hydroxylation is 1. The molecule has 0 aliphatic carbocycles. The van der Waals surface area contributed by atoms with Gasteiger partial charge in [-0.3, -0.25) is 14.9 Å². The molecule has 0 bridgehead atoms. The molecule has 2 rings (SSSR count). The maximum atomic E-state index is 11.9. The van der Waals surface area contributed by atoms with E-state index in [4.69, 9.17) is 0 Å². The molecule has 0 unspecified atom stereocenters. The Morgan fingerprint density at radius 3 is 2.85 bits per heavy atom. The van der Waals surface area contributed by atoms with Crippen molar-refractivity contribution in [3.63, 3.8) is 0 Å². The van der Waals surface area contributed by atoms with Gasteiger partial charge in [0.05, 0.1) is 14.9 Å². The number of nitrogens with one attached hydrogen (secondary N) is 1. The van der Waals surface area contributed by atoms with E-state index in [9.17, 15) is 14.9 Å². The van der Waals surface area contributed by atoms with Gasteiger partial charge in [-0.1, -0.05) is 18.2 Å². The van der Waals surface area contributed by atoms with E-state index in [2.05, 4.69) is 5.32 Å². The van der Waals surface area contributed by atoms with Crippen LogP contribution in [0.3, 0.4) is 0 Å². The minimum Gasteiger partial charge on any atom is -0.319 e. The van der Waals surface area contributed by atoms with Crippen molar-refractivity contribution in [1.82, 2.24) is 0 Å². The van der Waals surface area contributed by atoms with Gasteiger partial charge in [-0.05, 0) is 23.9 Å². The topological polar surface area (TPSA) is 72.2 Å². The number of hydrogen-bond acceptors (Lipinski definition) is 5. The summed E-state index contributed by atoms with van der Waals surface area (Å²) in [5.74, 6) is -0.0211. The number of benzene rings is 1. The SMILES string of the molecule is Cc1cccc([N+](=O)[O-])c1NC(=O)CSc1cccs1. The number of nitrogens with zero attached hydrogens (tertiary/aromatic N) is 1. The number of para-hydroxylation sites is 1. The normalized spacial score (nSPS) is 10.2. The highest BCUT2D eigenvalue weighted by Gasteiger charge is 2.17. The highest BCUT2D eigenvalue weighted by molar-refractivity contribution is 8.01. The second-order valence-electron chi connectivity index (χ2n) is 4.00. The van der Waals surface area contributed by atoms with Gasteiger partial charge >= 0.3 is 0 Å². The third kappa shape index (κ3) is 3.58. The van der Waals surface area contributed by atoms with Crippen molar-refractivity contribution in [2.24, 2.45) is 0 Å². The Balaban J connectivity index is 2.06. The molecule has 0 aliphatic heterocycles. The Kier molecular flexibility index (Phi) is 4.75. The van der Waals surface area contributed by atoms with Gasteiger partial charge in [-0.25, -0.2) is 0 Å². The Labute approximate surface area is 124 Å². The van der Waals surface area contributed by atoms with Gasteiger partial charge in [0, 0.05) is 6.07 Å². The Morgan fingerprint density at radius 1 is 1.40 bits per heavy atom. The van der Waals surface area contributed by atoms with Gasteiger partial charge in [0.2, 0.25) is 5.91 Å². The van der Waals surface area contributed by atoms with Crippen LogP contribution < -0.4 is 5.32 Å². The number of carbonyl (C=O) groups excluding carboxylic acids is 1. The van der Waals surface area contributed by atoms with E-state index in [1.807, 2.05) is 17.5 Å². The molecule has 1 aromatic carbocycles. The molecule has 5 nitrogen and oxygen atoms in total. The molecule has 0 spiro atoms. The second-order valence-corrected chi connectivity index (χ2v) is 6.22. The van der Waals surface area contributed by atoms with Gasteiger partial charge in [0.1, 0.15) is 5.69 Å². The molecule has 2 aromatic rings. The summed E-state index contributed by atoms with van der Waals surface area (Å²) in [6, 6.07) is 8.56. The van der Waals surface area contributed by atoms with E-state index in [0.29, 0.717) is 5.56 Å². The molecular formula is C13H12N2O3S2. The first-order valence-electron chi connectivity index (χ1n) is 5.78. The number of nitro benzene ring substituents is 1. The number of hydrogen-bond donors (Lipinski definition) is 1. The van der Waals surface area contributed by atoms with Crippen LogP contribution in [0, 0.1) is 17.0 Å². The standard InChI is InChI=1S/C13H12N2O3S2/c1-9-4-2-5-10(15(17)18)13(9)14-11(16)8-20-12-6-3-7-19-12/h2-7H,8H2,1H3,(H,14,16). The molecule has 0 aliphatic rings. The van der Waals surface area contributed by atoms with E-state index in [1.165, 1.54) is 17.8 Å². The van der Waals surface area contributed by atoms with E-state index >= 15 is 0 Å². The smallest absolute Gasteiger partial charge is 0.293 e. The summed E-state index contributed by atoms with van der Waals surface area (Å²) in [5.41, 5.74) is 0.863. The quantitative estimate of drug-likeness (QED) is 0.519. The maximum absolute atomic E-state index is 11.9. The van der Waals surface area contributed by atoms with Gasteiger partial charge in [-0.15, -0.1) is 23.1 Å². The molecule has 1 heterocycles. The average molecular weight is 308 g/mol. The van der Waals surface area contributed by atoms with Crippen LogP contribution in [-0.2, 0) is 4.79 Å². The molecule has 0 saturated carbocycles. The fourth-order valence-electron chi connectivity index (χ4n) is 1.62. The van der Waals surface area contributed by atoms with E-state index < -0.39 is 4.92 Å². The third-order valence-electron chi connectivity index (χ3n) is 2.55. The fraction of sp³-hybridized carbons (Fsp3) is 0.154. The lowest BCUT2D eigenvalue weighted by molar-refractivity contribution is -0.384. The molecule has 0 radical (unpaired) electrons. The van der Waals surface area contributed by atoms with Gasteiger partial charge in [-0.2, -0.15) is 0 Å². The van der Waals surface area contributed by atoms with Crippen molar-refractivity contribution in [3.05, 3.63) is 51.4 Å². The lowest BCUT2D eigenvalue weighted by Gasteiger charge is -2.08. The molecule has 0 saturated heterocycles. The van der Waals surface area contributed by atoms with Gasteiger partial charge in [0.25, 0.3) is 5.69 Å². The van der Waals surface area contributed by atoms with Crippen molar-refractivity contribution in [2.75, 3.05) is 11.1 Å². The third-order valence-corrected chi connectivity index (χ3v) is 4.68. The number of anilines is 1. The van der Waals surface area contributed by atoms with Crippen LogP contribution >= 0.6 is 23.1 Å². The van der Waals surface area contributed by atoms with E-state index in [-0.39, 0.29) is 23.0 Å². The monoisotopic (exact) mass is 308 g/mol. The van der Waals surface area contributed by atoms with Crippen molar-refractivity contribution in [1.29, 1.82) is 0 Å². The molecular weight excluding hydrogens is 296 g/mol. The summed E-state index contributed by atoms with van der Waals surface area (Å²) in [6.07, 6.45) is 0. The van der Waals surface area contributed by atoms with Crippen LogP contribution in [0.4, 0.5) is 11.4 Å². The molecule has 7 heteroatoms. The number of carbonyl (C=O) groups is 1. The molecule has 20 heavy (non-hydrogen) atoms. The Morgan fingerprint density at radius 2 is 2.20 bits per heavy atom. The van der Waals surface area contributed by atoms with Crippen LogP contribution in [0.1, 0.15) is 5.56 Å². The number of thioether (sulfide) groups is 1. The first-order chi connectivity index (χ1) is 9.58. The van der Waals surface area contributed by atoms with E-state index in [1.54, 1.807) is 30.4 Å². The molecule has 1 aromatic heterocycles. The summed E-state index contributed by atoms with van der Waals surface area (Å²) < 4.78 is 1.04. The predicted octanol–water partition coefficient (Wildman–Crippen LogP) is 3.70. The zero-order chi connectivity index (χ0) is 14.5. The van der Waals surface area contributed by atoms with Crippen molar-refractivity contribution < 1.29 is 9.72 Å². The van der Waals surface area contributed by atoms with Crippen molar-refractivity contribution in [2.45, 2.75) is 11.1 Å². The lowest BCUT2D eigenvalue weighted by atomic mass is 10.1. The predicted molar refractivity (Wildman–Crippen MR) is 81.5 cm³/mol. The molecule has 1 amide bonds. The number of rotatable bonds is 5. The van der Waals surface area contributed by atoms with Gasteiger partial charge < -0.3 is 5.32 Å². The van der Waals surface area contributed by atoms with Crippen LogP contribution in [0.25, 0.3) is 0 Å². The summed E-state index contributed by atoms with van der Waals surface area (Å²) in [7, 11) is 0. The first kappa shape index (κ1) is 14.5. The van der Waals surface area contributed by atoms with Crippen LogP contribution in [0.2, 0.25) is 0 Å². The van der Waals surface area contributed by atoms with Crippen LogP contribution in [0.5, 0.6) is 0 Å². The van der Waals surface area contributed by atoms with Gasteiger partial charge in [0.15, 0.2) is 0 Å². The highest BCUT2D eigenvalue weighted by Crippen LogP contribution is 2.28. The molecule has 104 valence electrons. The summed E-state index contributed by atoms with van der Waals surface area (Å²) in [6.45, 7) is 1.73. The van der Waals surface area contributed by atoms with Crippen molar-refractivity contribution in [3.8, 4) is 0 Å². The molecule has 0 fully saturated rings. The minimum absolute atomic E-state index is 0.0838. The van der Waals surface area contributed by atoms with Crippen LogP contribution in [-0.4, -0.2) is 16.6 Å². The molecule has 0 atom stereocenters. The highest BCUT2D eigenvalue weighted by atomic mass is 32.2. The largest absolute Gasteiger partial charge is 0.319 e. The van der Waals surface area contributed by atoms with Crippen molar-refractivity contribution >= 4 is 40.4 Å². The second kappa shape index (κ2) is 6.53. The zero-order valence-corrected chi connectivity index (χ0v) is 12.3. The summed E-state index contributed by atoms with van der Waals surface area (Å²) in [4.78, 5) is 22.3. The zero-order valence-electron chi connectivity index (χ0n) is 10.7. The number of nitro groups is 1. The fourth-order valence-corrected chi connectivity index (χ4v) is 3.21. The van der Waals surface area contributed by atoms with E-state index in [0.717, 1.165) is 4.21 Å². The molecule has 1 N–H and O–H groups in total. The first-order valence-corrected chi connectivity index (χ1v) is 7.64. The summed E-state index contributed by atoms with van der Waals surface area (Å²) in [5, 5.41) is 15.5. The Hall–Kier alpha value is -1.86. The lowest BCUT2D eigenvalue weighted by Crippen LogP contribution is -2.15. The number of thiophene rings is 1. The van der Waals surface area contributed by atoms with Crippen LogP contribution in [0.15, 0.2) is 39.9 Å².